The molecule has 1 aliphatic carbocycles. The number of piperidine rings is 1. The van der Waals surface area contributed by atoms with E-state index in [0.717, 1.165) is 43.7 Å². The van der Waals surface area contributed by atoms with Gasteiger partial charge in [-0.2, -0.15) is 13.2 Å². The molecule has 1 amide bonds. The third kappa shape index (κ3) is 5.49. The number of nitrogens with one attached hydrogen (secondary N) is 1. The van der Waals surface area contributed by atoms with Gasteiger partial charge in [0, 0.05) is 12.5 Å². The van der Waals surface area contributed by atoms with E-state index in [4.69, 9.17) is 0 Å². The zero-order valence-corrected chi connectivity index (χ0v) is 12.6. The van der Waals surface area contributed by atoms with Crippen molar-refractivity contribution < 1.29 is 18.0 Å². The van der Waals surface area contributed by atoms with E-state index in [9.17, 15) is 18.0 Å². The zero-order chi connectivity index (χ0) is 15.5. The van der Waals surface area contributed by atoms with Crippen LogP contribution in [0.3, 0.4) is 0 Å². The van der Waals surface area contributed by atoms with Crippen LogP contribution in [0.2, 0.25) is 0 Å². The zero-order valence-electron chi connectivity index (χ0n) is 12.6. The van der Waals surface area contributed by atoms with E-state index < -0.39 is 12.7 Å². The summed E-state index contributed by atoms with van der Waals surface area (Å²) in [6.45, 7) is 2.55. The van der Waals surface area contributed by atoms with Gasteiger partial charge in [-0.05, 0) is 64.0 Å². The van der Waals surface area contributed by atoms with Crippen LogP contribution in [0.1, 0.15) is 45.4 Å². The summed E-state index contributed by atoms with van der Waals surface area (Å²) in [5, 5.41) is 3.25. The first kappa shape index (κ1) is 16.6. The minimum absolute atomic E-state index is 0.248. The summed E-state index contributed by atoms with van der Waals surface area (Å²) in [5.41, 5.74) is 0. The number of alkyl halides is 3. The van der Waals surface area contributed by atoms with Crippen molar-refractivity contribution in [3.63, 3.8) is 0 Å². The molecule has 1 saturated heterocycles. The van der Waals surface area contributed by atoms with Crippen molar-refractivity contribution in [3.8, 4) is 0 Å². The molecule has 1 heterocycles. The molecule has 2 rings (SSSR count). The topological polar surface area (TPSA) is 32.3 Å². The Morgan fingerprint density at radius 3 is 2.38 bits per heavy atom. The number of hydrogen-bond donors (Lipinski definition) is 1. The van der Waals surface area contributed by atoms with E-state index >= 15 is 0 Å². The molecule has 0 radical (unpaired) electrons. The Balaban J connectivity index is 1.86. The number of carbonyl (C=O) groups is 1. The Labute approximate surface area is 124 Å². The van der Waals surface area contributed by atoms with Crippen molar-refractivity contribution in [1.29, 1.82) is 0 Å². The van der Waals surface area contributed by atoms with Crippen molar-refractivity contribution in [3.05, 3.63) is 0 Å². The number of nitrogens with zero attached hydrogens (tertiary/aromatic N) is 1. The third-order valence-corrected chi connectivity index (χ3v) is 4.69. The fourth-order valence-corrected chi connectivity index (χ4v) is 3.13. The number of hydrogen-bond acceptors (Lipinski definition) is 2. The highest BCUT2D eigenvalue weighted by Crippen LogP contribution is 2.36. The predicted molar refractivity (Wildman–Crippen MR) is 74.8 cm³/mol. The highest BCUT2D eigenvalue weighted by Gasteiger charge is 2.40. The summed E-state index contributed by atoms with van der Waals surface area (Å²) in [6, 6.07) is -0.285. The normalized spacial score (nSPS) is 22.1. The van der Waals surface area contributed by atoms with Crippen molar-refractivity contribution in [2.24, 2.45) is 11.8 Å². The lowest BCUT2D eigenvalue weighted by Crippen LogP contribution is -2.45. The minimum atomic E-state index is -4.31. The van der Waals surface area contributed by atoms with Crippen molar-refractivity contribution >= 4 is 5.91 Å². The molecule has 2 fully saturated rings. The lowest BCUT2D eigenvalue weighted by atomic mass is 9.93. The maximum absolute atomic E-state index is 12.7. The van der Waals surface area contributed by atoms with Crippen molar-refractivity contribution in [2.45, 2.75) is 57.7 Å². The summed E-state index contributed by atoms with van der Waals surface area (Å²) < 4.78 is 38.1. The number of amides is 1. The average molecular weight is 306 g/mol. The van der Waals surface area contributed by atoms with E-state index in [1.807, 2.05) is 0 Å². The van der Waals surface area contributed by atoms with Crippen LogP contribution < -0.4 is 5.32 Å². The molecule has 1 saturated carbocycles. The molecule has 0 bridgehead atoms. The molecule has 122 valence electrons. The Kier molecular flexibility index (Phi) is 5.52. The van der Waals surface area contributed by atoms with Gasteiger partial charge in [0.15, 0.2) is 0 Å². The largest absolute Gasteiger partial charge is 0.406 e. The van der Waals surface area contributed by atoms with Gasteiger partial charge in [-0.3, -0.25) is 4.79 Å². The maximum atomic E-state index is 12.7. The van der Waals surface area contributed by atoms with E-state index in [0.29, 0.717) is 12.3 Å². The van der Waals surface area contributed by atoms with Gasteiger partial charge in [0.2, 0.25) is 5.91 Å². The first-order valence-electron chi connectivity index (χ1n) is 7.94. The molecule has 3 nitrogen and oxygen atoms in total. The molecule has 0 aromatic carbocycles. The van der Waals surface area contributed by atoms with Gasteiger partial charge >= 0.3 is 6.18 Å². The van der Waals surface area contributed by atoms with E-state index in [2.05, 4.69) is 5.32 Å². The molecule has 1 atom stereocenters. The molecule has 1 unspecified atom stereocenters. The minimum Gasteiger partial charge on any atom is -0.331 e. The molecular formula is C15H25F3N2O. The SMILES string of the molecule is CC(C1CC1)N(CC(F)(F)F)C(=O)CCC1CCNCC1. The molecule has 0 aromatic rings. The van der Waals surface area contributed by atoms with Crippen molar-refractivity contribution in [1.82, 2.24) is 10.2 Å². The summed E-state index contributed by atoms with van der Waals surface area (Å²) in [5.74, 6) is 0.402. The summed E-state index contributed by atoms with van der Waals surface area (Å²) in [6.07, 6.45) is 0.571. The van der Waals surface area contributed by atoms with Crippen LogP contribution in [-0.4, -0.2) is 42.7 Å². The predicted octanol–water partition coefficient (Wildman–Crippen LogP) is 2.96. The molecule has 1 aliphatic heterocycles. The van der Waals surface area contributed by atoms with Crippen LogP contribution in [0, 0.1) is 11.8 Å². The second-order valence-corrected chi connectivity index (χ2v) is 6.45. The fourth-order valence-electron chi connectivity index (χ4n) is 3.13. The van der Waals surface area contributed by atoms with Crippen LogP contribution in [0.25, 0.3) is 0 Å². The van der Waals surface area contributed by atoms with Gasteiger partial charge in [-0.1, -0.05) is 0 Å². The first-order valence-corrected chi connectivity index (χ1v) is 7.94. The number of halogens is 3. The van der Waals surface area contributed by atoms with Gasteiger partial charge in [-0.15, -0.1) is 0 Å². The second kappa shape index (κ2) is 6.99. The highest BCUT2D eigenvalue weighted by atomic mass is 19.4. The first-order chi connectivity index (χ1) is 9.87. The Morgan fingerprint density at radius 1 is 1.24 bits per heavy atom. The molecule has 0 spiro atoms. The lowest BCUT2D eigenvalue weighted by Gasteiger charge is -2.31. The average Bonchev–Trinajstić information content (AvgIpc) is 3.26. The highest BCUT2D eigenvalue weighted by molar-refractivity contribution is 5.76. The third-order valence-electron chi connectivity index (χ3n) is 4.69. The summed E-state index contributed by atoms with van der Waals surface area (Å²) in [4.78, 5) is 13.3. The second-order valence-electron chi connectivity index (χ2n) is 6.45. The molecule has 21 heavy (non-hydrogen) atoms. The smallest absolute Gasteiger partial charge is 0.331 e. The summed E-state index contributed by atoms with van der Waals surface area (Å²) in [7, 11) is 0. The lowest BCUT2D eigenvalue weighted by molar-refractivity contribution is -0.166. The number of rotatable bonds is 6. The molecular weight excluding hydrogens is 281 g/mol. The van der Waals surface area contributed by atoms with Crippen molar-refractivity contribution in [2.75, 3.05) is 19.6 Å². The van der Waals surface area contributed by atoms with Gasteiger partial charge in [-0.25, -0.2) is 0 Å². The van der Waals surface area contributed by atoms with Gasteiger partial charge < -0.3 is 10.2 Å². The molecule has 1 N–H and O–H groups in total. The van der Waals surface area contributed by atoms with E-state index in [1.165, 1.54) is 0 Å². The van der Waals surface area contributed by atoms with Gasteiger partial charge in [0.1, 0.15) is 6.54 Å². The van der Waals surface area contributed by atoms with Crippen LogP contribution in [-0.2, 0) is 4.79 Å². The van der Waals surface area contributed by atoms with E-state index in [1.54, 1.807) is 6.92 Å². The fraction of sp³-hybridized carbons (Fsp3) is 0.933. The maximum Gasteiger partial charge on any atom is 0.406 e. The Hall–Kier alpha value is -0.780. The van der Waals surface area contributed by atoms with Gasteiger partial charge in [0.25, 0.3) is 0 Å². The number of carbonyl (C=O) groups excluding carboxylic acids is 1. The Morgan fingerprint density at radius 2 is 1.86 bits per heavy atom. The molecule has 2 aliphatic rings. The van der Waals surface area contributed by atoms with Gasteiger partial charge in [0.05, 0.1) is 0 Å². The van der Waals surface area contributed by atoms with Crippen LogP contribution in [0.5, 0.6) is 0 Å². The monoisotopic (exact) mass is 306 g/mol. The molecule has 0 aromatic heterocycles. The van der Waals surface area contributed by atoms with Crippen LogP contribution >= 0.6 is 0 Å². The summed E-state index contributed by atoms with van der Waals surface area (Å²) >= 11 is 0. The standard InChI is InChI=1S/C15H25F3N2O/c1-11(13-3-4-13)20(10-15(16,17)18)14(21)5-2-12-6-8-19-9-7-12/h11-13,19H,2-10H2,1H3. The molecule has 6 heteroatoms. The Bertz CT molecular complexity index is 349. The van der Waals surface area contributed by atoms with E-state index in [-0.39, 0.29) is 24.3 Å². The van der Waals surface area contributed by atoms with Crippen LogP contribution in [0.15, 0.2) is 0 Å². The quantitative estimate of drug-likeness (QED) is 0.818. The van der Waals surface area contributed by atoms with Crippen LogP contribution in [0.4, 0.5) is 13.2 Å².